The number of methoxy groups -OCH3 is 2. The van der Waals surface area contributed by atoms with E-state index >= 15 is 0 Å². The number of rotatable bonds is 9. The Labute approximate surface area is 196 Å². The zero-order valence-corrected chi connectivity index (χ0v) is 20.4. The van der Waals surface area contributed by atoms with E-state index in [4.69, 9.17) is 14.5 Å². The van der Waals surface area contributed by atoms with Gasteiger partial charge in [0.05, 0.1) is 24.7 Å². The highest BCUT2D eigenvalue weighted by molar-refractivity contribution is 6.02. The van der Waals surface area contributed by atoms with Crippen molar-refractivity contribution >= 4 is 23.3 Å². The Balaban J connectivity index is 2.04. The summed E-state index contributed by atoms with van der Waals surface area (Å²) in [6, 6.07) is 2.23. The van der Waals surface area contributed by atoms with Gasteiger partial charge in [-0.15, -0.1) is 0 Å². The van der Waals surface area contributed by atoms with Crippen LogP contribution in [0.3, 0.4) is 0 Å². The molecule has 0 spiro atoms. The average Bonchev–Trinajstić information content (AvgIpc) is 3.15. The van der Waals surface area contributed by atoms with Crippen LogP contribution >= 0.6 is 0 Å². The number of nitrogens with zero attached hydrogens (tertiary/aromatic N) is 2. The number of pyridine rings is 1. The summed E-state index contributed by atoms with van der Waals surface area (Å²) in [5, 5.41) is 6.55. The largest absolute Gasteiger partial charge is 0.464 e. The van der Waals surface area contributed by atoms with E-state index in [1.165, 1.54) is 46.3 Å². The number of aromatic nitrogens is 2. The number of hydrogen-bond donors (Lipinski definition) is 2. The molecule has 182 valence electrons. The highest BCUT2D eigenvalue weighted by Crippen LogP contribution is 2.37. The molecule has 1 saturated carbocycles. The summed E-state index contributed by atoms with van der Waals surface area (Å²) in [5.41, 5.74) is 2.54. The maximum absolute atomic E-state index is 12.8. The molecule has 2 N–H and O–H groups in total. The van der Waals surface area contributed by atoms with Gasteiger partial charge < -0.3 is 24.7 Å². The fraction of sp³-hybridized carbons (Fsp3) is 0.640. The van der Waals surface area contributed by atoms with Gasteiger partial charge in [-0.2, -0.15) is 0 Å². The number of fused-ring (bicyclic) bond motifs is 1. The third-order valence-corrected chi connectivity index (χ3v) is 6.24. The Morgan fingerprint density at radius 2 is 1.82 bits per heavy atom. The predicted octanol–water partition coefficient (Wildman–Crippen LogP) is 4.93. The molecule has 3 rings (SSSR count). The van der Waals surface area contributed by atoms with Crippen LogP contribution in [0, 0.1) is 5.92 Å². The first-order valence-corrected chi connectivity index (χ1v) is 12.1. The number of esters is 1. The van der Waals surface area contributed by atoms with Crippen molar-refractivity contribution < 1.29 is 19.1 Å². The van der Waals surface area contributed by atoms with Gasteiger partial charge in [0.2, 0.25) is 5.91 Å². The van der Waals surface area contributed by atoms with Crippen molar-refractivity contribution in [2.24, 2.45) is 5.92 Å². The van der Waals surface area contributed by atoms with E-state index < -0.39 is 5.97 Å². The highest BCUT2D eigenvalue weighted by atomic mass is 16.5. The minimum Gasteiger partial charge on any atom is -0.464 e. The van der Waals surface area contributed by atoms with Gasteiger partial charge in [-0.05, 0) is 31.2 Å². The zero-order valence-electron chi connectivity index (χ0n) is 20.4. The van der Waals surface area contributed by atoms with Gasteiger partial charge in [0.1, 0.15) is 12.4 Å². The molecular formula is C25H38N4O4. The Morgan fingerprint density at radius 3 is 2.45 bits per heavy atom. The Kier molecular flexibility index (Phi) is 9.11. The lowest BCUT2D eigenvalue weighted by Gasteiger charge is -2.24. The predicted molar refractivity (Wildman–Crippen MR) is 130 cm³/mol. The van der Waals surface area contributed by atoms with Gasteiger partial charge in [0.15, 0.2) is 5.69 Å². The van der Waals surface area contributed by atoms with E-state index in [-0.39, 0.29) is 12.5 Å². The first-order valence-electron chi connectivity index (χ1n) is 12.1. The van der Waals surface area contributed by atoms with E-state index in [2.05, 4.69) is 24.5 Å². The van der Waals surface area contributed by atoms with Crippen LogP contribution in [0.15, 0.2) is 12.3 Å². The van der Waals surface area contributed by atoms with Crippen LogP contribution in [0.1, 0.15) is 75.7 Å². The second-order valence-electron chi connectivity index (χ2n) is 9.31. The van der Waals surface area contributed by atoms with Crippen LogP contribution < -0.4 is 10.6 Å². The fourth-order valence-electron chi connectivity index (χ4n) is 4.48. The topological polar surface area (TPSA) is 94.5 Å². The van der Waals surface area contributed by atoms with Crippen molar-refractivity contribution in [2.75, 3.05) is 31.5 Å². The Morgan fingerprint density at radius 1 is 1.12 bits per heavy atom. The third-order valence-electron chi connectivity index (χ3n) is 6.24. The second kappa shape index (κ2) is 12.0. The number of anilines is 2. The lowest BCUT2D eigenvalue weighted by Crippen LogP contribution is -2.25. The summed E-state index contributed by atoms with van der Waals surface area (Å²) < 4.78 is 11.9. The van der Waals surface area contributed by atoms with E-state index in [1.807, 2.05) is 16.8 Å². The van der Waals surface area contributed by atoms with Crippen LogP contribution in [0.25, 0.3) is 11.4 Å². The normalized spacial score (nSPS) is 15.3. The van der Waals surface area contributed by atoms with Gasteiger partial charge in [-0.25, -0.2) is 9.78 Å². The highest BCUT2D eigenvalue weighted by Gasteiger charge is 2.27. The van der Waals surface area contributed by atoms with Gasteiger partial charge in [0.25, 0.3) is 0 Å². The maximum atomic E-state index is 12.8. The molecule has 2 aliphatic heterocycles. The fourth-order valence-corrected chi connectivity index (χ4v) is 4.48. The summed E-state index contributed by atoms with van der Waals surface area (Å²) in [5.74, 6) is 0.318. The van der Waals surface area contributed by atoms with Crippen LogP contribution in [0.2, 0.25) is 0 Å². The summed E-state index contributed by atoms with van der Waals surface area (Å²) in [6.07, 6.45) is 11.3. The van der Waals surface area contributed by atoms with E-state index in [0.717, 1.165) is 30.5 Å². The maximum Gasteiger partial charge on any atom is 0.356 e. The average molecular weight is 459 g/mol. The molecule has 33 heavy (non-hydrogen) atoms. The number of ether oxygens (including phenoxy) is 2. The third kappa shape index (κ3) is 6.47. The minimum atomic E-state index is -0.508. The van der Waals surface area contributed by atoms with Crippen molar-refractivity contribution in [3.8, 4) is 11.4 Å². The number of amides is 1. The standard InChI is InChI=1S/C25H38N4O4/c1-17(2)12-13-29-23(25(31)33-4)20(28-22(30)16-32-3)14-19-21(15-26-24(19)29)27-18-10-8-6-5-7-9-11-18/h14-15,17-18,27H,5-13,16H2,1-4H3,(H,28,30). The Hall–Kier alpha value is -2.61. The summed E-state index contributed by atoms with van der Waals surface area (Å²) >= 11 is 0. The van der Waals surface area contributed by atoms with E-state index in [9.17, 15) is 9.59 Å². The molecule has 2 heterocycles. The van der Waals surface area contributed by atoms with Crippen molar-refractivity contribution in [1.29, 1.82) is 0 Å². The molecule has 0 bridgehead atoms. The molecule has 1 amide bonds. The van der Waals surface area contributed by atoms with E-state index in [1.54, 1.807) is 0 Å². The summed E-state index contributed by atoms with van der Waals surface area (Å²) in [4.78, 5) is 29.9. The van der Waals surface area contributed by atoms with Crippen molar-refractivity contribution in [3.05, 3.63) is 18.0 Å². The number of nitrogens with one attached hydrogen (secondary N) is 2. The monoisotopic (exact) mass is 458 g/mol. The molecule has 8 nitrogen and oxygen atoms in total. The van der Waals surface area contributed by atoms with Crippen molar-refractivity contribution in [2.45, 2.75) is 77.8 Å². The molecule has 1 fully saturated rings. The smallest absolute Gasteiger partial charge is 0.356 e. The van der Waals surface area contributed by atoms with Crippen LogP contribution in [0.4, 0.5) is 11.4 Å². The molecule has 0 unspecified atom stereocenters. The van der Waals surface area contributed by atoms with Gasteiger partial charge >= 0.3 is 5.97 Å². The second-order valence-corrected chi connectivity index (χ2v) is 9.31. The first kappa shape index (κ1) is 25.0. The van der Waals surface area contributed by atoms with Crippen LogP contribution in [-0.2, 0) is 20.8 Å². The SMILES string of the molecule is COCC(=O)Nc1cc2c(NC3CCCCCCC3)cnc-2n(CCC(C)C)c1C(=O)OC. The lowest BCUT2D eigenvalue weighted by molar-refractivity contribution is -0.119. The minimum absolute atomic E-state index is 0.100. The first-order chi connectivity index (χ1) is 15.9. The Bertz CT molecular complexity index is 900. The van der Waals surface area contributed by atoms with Crippen LogP contribution in [-0.4, -0.2) is 48.3 Å². The summed E-state index contributed by atoms with van der Waals surface area (Å²) in [7, 11) is 2.81. The summed E-state index contributed by atoms with van der Waals surface area (Å²) in [6.45, 7) is 4.77. The molecule has 0 saturated heterocycles. The quantitative estimate of drug-likeness (QED) is 0.518. The number of carbonyl (C=O) groups is 2. The molecule has 0 atom stereocenters. The molecular weight excluding hydrogens is 420 g/mol. The van der Waals surface area contributed by atoms with Gasteiger partial charge in [-0.1, -0.05) is 46.0 Å². The van der Waals surface area contributed by atoms with Crippen molar-refractivity contribution in [1.82, 2.24) is 9.55 Å². The molecule has 3 aliphatic rings. The molecule has 8 heteroatoms. The number of hydrogen-bond acceptors (Lipinski definition) is 6. The van der Waals surface area contributed by atoms with Gasteiger partial charge in [0, 0.05) is 25.3 Å². The lowest BCUT2D eigenvalue weighted by atomic mass is 9.96. The zero-order chi connectivity index (χ0) is 23.8. The molecule has 1 aliphatic carbocycles. The van der Waals surface area contributed by atoms with Gasteiger partial charge in [-0.3, -0.25) is 4.79 Å². The van der Waals surface area contributed by atoms with Crippen LogP contribution in [0.5, 0.6) is 0 Å². The van der Waals surface area contributed by atoms with E-state index in [0.29, 0.717) is 35.7 Å². The van der Waals surface area contributed by atoms with Crippen molar-refractivity contribution in [3.63, 3.8) is 0 Å². The molecule has 0 aromatic carbocycles. The molecule has 0 aromatic rings. The molecule has 0 aromatic heterocycles. The molecule has 0 radical (unpaired) electrons. The number of carbonyl (C=O) groups excluding carboxylic acids is 2.